The first-order chi connectivity index (χ1) is 19.6. The number of benzene rings is 1. The number of aromatic nitrogens is 3. The SMILES string of the molecule is CC[C@]1(O)C(=O)OCc2c1cc1n(c2=O)Cc2c-1nc1cc(F)c(C)c3c1c2[C@H](NC(=O)c1cccc(N)n1)CC3. The first-order valence-corrected chi connectivity index (χ1v) is 13.5. The number of ether oxygens (including phenoxy) is 1. The summed E-state index contributed by atoms with van der Waals surface area (Å²) in [4.78, 5) is 48.5. The van der Waals surface area contributed by atoms with Crippen LogP contribution in [0.5, 0.6) is 0 Å². The molecular weight excluding hydrogens is 529 g/mol. The maximum atomic E-state index is 15.1. The predicted molar refractivity (Wildman–Crippen MR) is 146 cm³/mol. The van der Waals surface area contributed by atoms with Gasteiger partial charge in [0.15, 0.2) is 5.60 Å². The summed E-state index contributed by atoms with van der Waals surface area (Å²) < 4.78 is 21.8. The number of cyclic esters (lactones) is 1. The molecule has 1 aliphatic carbocycles. The predicted octanol–water partition coefficient (Wildman–Crippen LogP) is 2.92. The Balaban J connectivity index is 1.46. The third-order valence-electron chi connectivity index (χ3n) is 8.69. The molecule has 2 aliphatic heterocycles. The highest BCUT2D eigenvalue weighted by Gasteiger charge is 2.46. The van der Waals surface area contributed by atoms with Gasteiger partial charge < -0.3 is 25.5 Å². The van der Waals surface area contributed by atoms with Crippen molar-refractivity contribution < 1.29 is 23.8 Å². The van der Waals surface area contributed by atoms with Crippen molar-refractivity contribution >= 4 is 28.6 Å². The summed E-state index contributed by atoms with van der Waals surface area (Å²) in [5, 5.41) is 15.0. The number of esters is 1. The molecule has 0 radical (unpaired) electrons. The minimum Gasteiger partial charge on any atom is -0.458 e. The molecule has 5 heterocycles. The van der Waals surface area contributed by atoms with Crippen molar-refractivity contribution in [3.63, 3.8) is 0 Å². The van der Waals surface area contributed by atoms with Crippen LogP contribution in [0.3, 0.4) is 0 Å². The van der Waals surface area contributed by atoms with E-state index in [9.17, 15) is 19.5 Å². The summed E-state index contributed by atoms with van der Waals surface area (Å²) in [6, 6.07) is 7.35. The zero-order valence-electron chi connectivity index (χ0n) is 22.4. The molecule has 3 aromatic heterocycles. The Morgan fingerprint density at radius 1 is 1.24 bits per heavy atom. The Kier molecular flexibility index (Phi) is 5.36. The molecule has 4 aromatic rings. The number of fused-ring (bicyclic) bond motifs is 5. The molecule has 208 valence electrons. The van der Waals surface area contributed by atoms with Gasteiger partial charge in [0.25, 0.3) is 11.5 Å². The number of aliphatic hydroxyl groups is 1. The van der Waals surface area contributed by atoms with Crippen LogP contribution in [-0.2, 0) is 34.7 Å². The number of nitrogens with two attached hydrogens (primary N) is 1. The summed E-state index contributed by atoms with van der Waals surface area (Å²) in [5.41, 5.74) is 8.12. The van der Waals surface area contributed by atoms with Crippen LogP contribution in [0.2, 0.25) is 0 Å². The number of halogens is 1. The van der Waals surface area contributed by atoms with Crippen LogP contribution in [0.25, 0.3) is 22.3 Å². The Hall–Kier alpha value is -4.64. The maximum Gasteiger partial charge on any atom is 0.343 e. The van der Waals surface area contributed by atoms with Gasteiger partial charge in [-0.1, -0.05) is 13.0 Å². The zero-order valence-corrected chi connectivity index (χ0v) is 22.4. The zero-order chi connectivity index (χ0) is 28.8. The lowest BCUT2D eigenvalue weighted by Gasteiger charge is -2.31. The second kappa shape index (κ2) is 8.68. The average molecular weight is 556 g/mol. The highest BCUT2D eigenvalue weighted by Crippen LogP contribution is 2.46. The number of carbonyl (C=O) groups excluding carboxylic acids is 2. The van der Waals surface area contributed by atoms with Gasteiger partial charge in [-0.05, 0) is 61.1 Å². The monoisotopic (exact) mass is 555 g/mol. The minimum atomic E-state index is -1.96. The molecule has 1 amide bonds. The van der Waals surface area contributed by atoms with Gasteiger partial charge in [-0.2, -0.15) is 0 Å². The van der Waals surface area contributed by atoms with Gasteiger partial charge in [0.05, 0.1) is 35.1 Å². The summed E-state index contributed by atoms with van der Waals surface area (Å²) in [6.07, 6.45) is 1.04. The molecule has 1 aromatic carbocycles. The maximum absolute atomic E-state index is 15.1. The van der Waals surface area contributed by atoms with Crippen LogP contribution in [0.1, 0.15) is 69.7 Å². The molecular formula is C30H26FN5O5. The van der Waals surface area contributed by atoms with Gasteiger partial charge in [0, 0.05) is 22.6 Å². The first kappa shape index (κ1) is 25.3. The van der Waals surface area contributed by atoms with Crippen LogP contribution in [0, 0.1) is 12.7 Å². The van der Waals surface area contributed by atoms with Crippen molar-refractivity contribution in [2.45, 2.75) is 57.9 Å². The summed E-state index contributed by atoms with van der Waals surface area (Å²) in [6.45, 7) is 3.29. The summed E-state index contributed by atoms with van der Waals surface area (Å²) >= 11 is 0. The van der Waals surface area contributed by atoms with Crippen LogP contribution in [-0.4, -0.2) is 31.5 Å². The van der Waals surface area contributed by atoms with Crippen molar-refractivity contribution in [2.75, 3.05) is 5.73 Å². The minimum absolute atomic E-state index is 0.0188. The quantitative estimate of drug-likeness (QED) is 0.288. The molecule has 41 heavy (non-hydrogen) atoms. The van der Waals surface area contributed by atoms with Gasteiger partial charge in [-0.3, -0.25) is 9.59 Å². The molecule has 2 atom stereocenters. The van der Waals surface area contributed by atoms with Gasteiger partial charge in [0.2, 0.25) is 0 Å². The van der Waals surface area contributed by atoms with E-state index in [0.717, 1.165) is 22.1 Å². The summed E-state index contributed by atoms with van der Waals surface area (Å²) in [5.74, 6) is -1.38. The van der Waals surface area contributed by atoms with E-state index < -0.39 is 29.1 Å². The van der Waals surface area contributed by atoms with E-state index in [-0.39, 0.29) is 48.0 Å². The largest absolute Gasteiger partial charge is 0.458 e. The number of pyridine rings is 3. The smallest absolute Gasteiger partial charge is 0.343 e. The number of nitrogens with zero attached hydrogens (tertiary/aromatic N) is 3. The highest BCUT2D eigenvalue weighted by atomic mass is 19.1. The summed E-state index contributed by atoms with van der Waals surface area (Å²) in [7, 11) is 0. The number of amides is 1. The van der Waals surface area contributed by atoms with Gasteiger partial charge in [-0.25, -0.2) is 19.2 Å². The molecule has 4 N–H and O–H groups in total. The van der Waals surface area contributed by atoms with E-state index in [1.807, 2.05) is 0 Å². The molecule has 0 saturated heterocycles. The Bertz CT molecular complexity index is 1920. The van der Waals surface area contributed by atoms with Crippen LogP contribution in [0.15, 0.2) is 35.1 Å². The number of rotatable bonds is 3. The van der Waals surface area contributed by atoms with Crippen molar-refractivity contribution in [1.29, 1.82) is 0 Å². The number of nitrogen functional groups attached to an aromatic ring is 1. The van der Waals surface area contributed by atoms with E-state index in [2.05, 4.69) is 10.3 Å². The van der Waals surface area contributed by atoms with Crippen molar-refractivity contribution in [2.24, 2.45) is 0 Å². The van der Waals surface area contributed by atoms with Crippen LogP contribution in [0.4, 0.5) is 10.2 Å². The van der Waals surface area contributed by atoms with E-state index in [1.54, 1.807) is 38.1 Å². The van der Waals surface area contributed by atoms with Gasteiger partial charge in [0.1, 0.15) is 23.9 Å². The molecule has 0 saturated carbocycles. The molecule has 0 unspecified atom stereocenters. The number of hydrogen-bond acceptors (Lipinski definition) is 8. The van der Waals surface area contributed by atoms with E-state index in [0.29, 0.717) is 35.3 Å². The molecule has 10 nitrogen and oxygen atoms in total. The van der Waals surface area contributed by atoms with Crippen molar-refractivity contribution in [1.82, 2.24) is 19.9 Å². The van der Waals surface area contributed by atoms with Crippen molar-refractivity contribution in [3.05, 3.63) is 85.6 Å². The molecule has 0 bridgehead atoms. The molecule has 0 spiro atoms. The van der Waals surface area contributed by atoms with E-state index in [1.165, 1.54) is 10.6 Å². The number of aryl methyl sites for hydroxylation is 1. The molecule has 0 fully saturated rings. The number of hydrogen-bond donors (Lipinski definition) is 3. The first-order valence-electron chi connectivity index (χ1n) is 13.5. The Labute approximate surface area is 233 Å². The normalized spacial score (nSPS) is 20.3. The van der Waals surface area contributed by atoms with Crippen molar-refractivity contribution in [3.8, 4) is 11.4 Å². The third kappa shape index (κ3) is 3.48. The third-order valence-corrected chi connectivity index (χ3v) is 8.69. The molecule has 11 heteroatoms. The fourth-order valence-electron chi connectivity index (χ4n) is 6.51. The molecule has 7 rings (SSSR count). The second-order valence-corrected chi connectivity index (χ2v) is 10.8. The number of nitrogens with one attached hydrogen (secondary N) is 1. The molecule has 3 aliphatic rings. The fourth-order valence-corrected chi connectivity index (χ4v) is 6.51. The second-order valence-electron chi connectivity index (χ2n) is 10.8. The van der Waals surface area contributed by atoms with E-state index in [4.69, 9.17) is 15.5 Å². The van der Waals surface area contributed by atoms with Gasteiger partial charge >= 0.3 is 5.97 Å². The highest BCUT2D eigenvalue weighted by molar-refractivity contribution is 5.96. The number of carbonyl (C=O) groups is 2. The lowest BCUT2D eigenvalue weighted by molar-refractivity contribution is -0.172. The lowest BCUT2D eigenvalue weighted by Crippen LogP contribution is -2.44. The Morgan fingerprint density at radius 3 is 2.80 bits per heavy atom. The van der Waals surface area contributed by atoms with Crippen LogP contribution >= 0.6 is 0 Å². The number of anilines is 1. The van der Waals surface area contributed by atoms with Gasteiger partial charge in [-0.15, -0.1) is 0 Å². The van der Waals surface area contributed by atoms with E-state index >= 15 is 4.39 Å². The Morgan fingerprint density at radius 2 is 2.05 bits per heavy atom. The lowest BCUT2D eigenvalue weighted by atomic mass is 9.81. The fraction of sp³-hybridized carbons (Fsp3) is 0.300. The topological polar surface area (TPSA) is 149 Å². The standard InChI is InChI=1S/C30H26FN5O5/c1-3-30(40)17-9-22-26-15(11-36(22)28(38)16(17)12-41-29(30)39)25-19(35-27(37)20-5-4-6-23(32)33-20)8-7-14-13(2)18(31)10-21(34-26)24(14)25/h4-6,9-10,19,40H,3,7-8,11-12H2,1-2H3,(H2,32,33)(H,35,37)/t19-,30-/m1/s1. The average Bonchev–Trinajstić information content (AvgIpc) is 3.33. The van der Waals surface area contributed by atoms with Crippen LogP contribution < -0.4 is 16.6 Å².